The van der Waals surface area contributed by atoms with Gasteiger partial charge in [-0.25, -0.2) is 0 Å². The molecular weight excluding hydrogens is 266 g/mol. The number of carbonyl (C=O) groups is 1. The number of carbonyl (C=O) groups excluding carboxylic acids is 1. The molecule has 0 radical (unpaired) electrons. The fourth-order valence-electron chi connectivity index (χ4n) is 1.48. The van der Waals surface area contributed by atoms with Crippen LogP contribution in [0.3, 0.4) is 0 Å². The highest BCUT2D eigenvalue weighted by Gasteiger charge is 2.02. The normalized spacial score (nSPS) is 10.1. The summed E-state index contributed by atoms with van der Waals surface area (Å²) < 4.78 is 1.04. The molecule has 0 spiro atoms. The highest BCUT2D eigenvalue weighted by molar-refractivity contribution is 9.10. The molecular formula is C13H10BrNO. The second-order valence-electron chi connectivity index (χ2n) is 3.50. The highest BCUT2D eigenvalue weighted by Crippen LogP contribution is 2.20. The molecule has 0 aliphatic rings. The van der Waals surface area contributed by atoms with Gasteiger partial charge in [0.15, 0.2) is 6.29 Å². The van der Waals surface area contributed by atoms with E-state index in [9.17, 15) is 4.79 Å². The Kier molecular flexibility index (Phi) is 3.15. The van der Waals surface area contributed by atoms with E-state index in [1.165, 1.54) is 0 Å². The zero-order chi connectivity index (χ0) is 11.5. The molecule has 2 aromatic rings. The van der Waals surface area contributed by atoms with Crippen LogP contribution in [-0.2, 0) is 0 Å². The van der Waals surface area contributed by atoms with Crippen molar-refractivity contribution < 1.29 is 4.79 Å². The molecule has 2 rings (SSSR count). The van der Waals surface area contributed by atoms with Crippen LogP contribution in [0, 0.1) is 6.92 Å². The third-order valence-electron chi connectivity index (χ3n) is 2.39. The molecule has 0 saturated heterocycles. The van der Waals surface area contributed by atoms with Gasteiger partial charge in [0.2, 0.25) is 0 Å². The third-order valence-corrected chi connectivity index (χ3v) is 2.92. The van der Waals surface area contributed by atoms with Gasteiger partial charge in [-0.15, -0.1) is 0 Å². The van der Waals surface area contributed by atoms with Crippen molar-refractivity contribution in [2.24, 2.45) is 0 Å². The summed E-state index contributed by atoms with van der Waals surface area (Å²) in [4.78, 5) is 15.1. The van der Waals surface area contributed by atoms with Crippen molar-refractivity contribution in [3.8, 4) is 11.3 Å². The Morgan fingerprint density at radius 3 is 2.38 bits per heavy atom. The van der Waals surface area contributed by atoms with Crippen LogP contribution < -0.4 is 0 Å². The van der Waals surface area contributed by atoms with E-state index >= 15 is 0 Å². The Labute approximate surface area is 102 Å². The summed E-state index contributed by atoms with van der Waals surface area (Å²) in [6.45, 7) is 1.84. The fourth-order valence-corrected chi connectivity index (χ4v) is 1.74. The number of benzene rings is 1. The lowest BCUT2D eigenvalue weighted by molar-refractivity contribution is 0.112. The van der Waals surface area contributed by atoms with E-state index in [-0.39, 0.29) is 0 Å². The Balaban J connectivity index is 2.45. The summed E-state index contributed by atoms with van der Waals surface area (Å²) in [6.07, 6.45) is 0.827. The molecule has 3 heteroatoms. The van der Waals surface area contributed by atoms with E-state index in [0.717, 1.165) is 27.7 Å². The molecule has 2 nitrogen and oxygen atoms in total. The number of rotatable bonds is 2. The number of aromatic nitrogens is 1. The van der Waals surface area contributed by atoms with E-state index < -0.39 is 0 Å². The van der Waals surface area contributed by atoms with Crippen LogP contribution in [-0.4, -0.2) is 11.3 Å². The second-order valence-corrected chi connectivity index (χ2v) is 4.41. The van der Waals surface area contributed by atoms with Crippen LogP contribution in [0.15, 0.2) is 40.9 Å². The molecule has 1 aromatic carbocycles. The average Bonchev–Trinajstić information content (AvgIpc) is 2.30. The molecule has 0 amide bonds. The van der Waals surface area contributed by atoms with Gasteiger partial charge < -0.3 is 0 Å². The van der Waals surface area contributed by atoms with E-state index in [1.54, 1.807) is 6.07 Å². The van der Waals surface area contributed by atoms with Gasteiger partial charge >= 0.3 is 0 Å². The van der Waals surface area contributed by atoms with Gasteiger partial charge in [0, 0.05) is 21.3 Å². The van der Waals surface area contributed by atoms with E-state index in [0.29, 0.717) is 5.56 Å². The van der Waals surface area contributed by atoms with Crippen LogP contribution in [0.4, 0.5) is 0 Å². The van der Waals surface area contributed by atoms with Crippen LogP contribution in [0.1, 0.15) is 16.1 Å². The molecule has 0 saturated carbocycles. The topological polar surface area (TPSA) is 30.0 Å². The van der Waals surface area contributed by atoms with E-state index in [4.69, 9.17) is 0 Å². The minimum absolute atomic E-state index is 0.640. The molecule has 0 atom stereocenters. The Morgan fingerprint density at radius 1 is 1.12 bits per heavy atom. The summed E-state index contributed by atoms with van der Waals surface area (Å²) in [7, 11) is 0. The first kappa shape index (κ1) is 11.0. The maximum absolute atomic E-state index is 10.7. The van der Waals surface area contributed by atoms with Crippen molar-refractivity contribution in [2.75, 3.05) is 0 Å². The van der Waals surface area contributed by atoms with Gasteiger partial charge in [-0.2, -0.15) is 0 Å². The predicted molar refractivity (Wildman–Crippen MR) is 67.5 cm³/mol. The maximum Gasteiger partial charge on any atom is 0.151 e. The van der Waals surface area contributed by atoms with Crippen LogP contribution >= 0.6 is 15.9 Å². The number of hydrogen-bond donors (Lipinski definition) is 0. The monoisotopic (exact) mass is 275 g/mol. The molecule has 16 heavy (non-hydrogen) atoms. The first-order valence-electron chi connectivity index (χ1n) is 4.89. The van der Waals surface area contributed by atoms with Crippen LogP contribution in [0.5, 0.6) is 0 Å². The van der Waals surface area contributed by atoms with E-state index in [2.05, 4.69) is 20.9 Å². The lowest BCUT2D eigenvalue weighted by Crippen LogP contribution is -1.92. The number of halogens is 1. The van der Waals surface area contributed by atoms with Gasteiger partial charge in [-0.05, 0) is 31.2 Å². The van der Waals surface area contributed by atoms with Gasteiger partial charge in [-0.3, -0.25) is 9.78 Å². The summed E-state index contributed by atoms with van der Waals surface area (Å²) >= 11 is 3.39. The number of aldehydes is 1. The van der Waals surface area contributed by atoms with Crippen LogP contribution in [0.25, 0.3) is 11.3 Å². The molecule has 0 N–H and O–H groups in total. The maximum atomic E-state index is 10.7. The quantitative estimate of drug-likeness (QED) is 0.784. The van der Waals surface area contributed by atoms with Crippen molar-refractivity contribution >= 4 is 22.2 Å². The van der Waals surface area contributed by atoms with Crippen molar-refractivity contribution in [3.05, 3.63) is 52.1 Å². The second kappa shape index (κ2) is 4.58. The van der Waals surface area contributed by atoms with Crippen LogP contribution in [0.2, 0.25) is 0 Å². The molecule has 0 unspecified atom stereocenters. The lowest BCUT2D eigenvalue weighted by atomic mass is 10.1. The number of nitrogens with zero attached hydrogens (tertiary/aromatic N) is 1. The summed E-state index contributed by atoms with van der Waals surface area (Å²) in [5, 5.41) is 0. The van der Waals surface area contributed by atoms with Crippen molar-refractivity contribution in [2.45, 2.75) is 6.92 Å². The van der Waals surface area contributed by atoms with Gasteiger partial charge in [0.25, 0.3) is 0 Å². The minimum Gasteiger partial charge on any atom is -0.298 e. The average molecular weight is 276 g/mol. The smallest absolute Gasteiger partial charge is 0.151 e. The molecule has 0 aliphatic carbocycles. The number of hydrogen-bond acceptors (Lipinski definition) is 2. The molecule has 1 heterocycles. The summed E-state index contributed by atoms with van der Waals surface area (Å²) in [5.74, 6) is 0. The zero-order valence-corrected chi connectivity index (χ0v) is 10.4. The zero-order valence-electron chi connectivity index (χ0n) is 8.77. The Morgan fingerprint density at radius 2 is 1.81 bits per heavy atom. The molecule has 80 valence electrons. The standard InChI is InChI=1S/C13H10BrNO/c1-9-11(8-16)4-7-13(15-9)10-2-5-12(14)6-3-10/h2-8H,1H3. The Hall–Kier alpha value is -1.48. The molecule has 0 bridgehead atoms. The lowest BCUT2D eigenvalue weighted by Gasteiger charge is -2.03. The first-order chi connectivity index (χ1) is 7.70. The predicted octanol–water partition coefficient (Wildman–Crippen LogP) is 3.63. The SMILES string of the molecule is Cc1nc(-c2ccc(Br)cc2)ccc1C=O. The summed E-state index contributed by atoms with van der Waals surface area (Å²) in [5.41, 5.74) is 3.33. The fraction of sp³-hybridized carbons (Fsp3) is 0.0769. The van der Waals surface area contributed by atoms with Gasteiger partial charge in [0.05, 0.1) is 5.69 Å². The van der Waals surface area contributed by atoms with Crippen molar-refractivity contribution in [3.63, 3.8) is 0 Å². The highest BCUT2D eigenvalue weighted by atomic mass is 79.9. The summed E-state index contributed by atoms with van der Waals surface area (Å²) in [6, 6.07) is 11.6. The molecule has 0 aliphatic heterocycles. The van der Waals surface area contributed by atoms with E-state index in [1.807, 2.05) is 37.3 Å². The van der Waals surface area contributed by atoms with Gasteiger partial charge in [0.1, 0.15) is 0 Å². The molecule has 1 aromatic heterocycles. The number of pyridine rings is 1. The molecule has 0 fully saturated rings. The Bertz CT molecular complexity index is 520. The minimum atomic E-state index is 0.640. The number of aryl methyl sites for hydroxylation is 1. The van der Waals surface area contributed by atoms with Crippen molar-refractivity contribution in [1.29, 1.82) is 0 Å². The first-order valence-corrected chi connectivity index (χ1v) is 5.69. The third kappa shape index (κ3) is 2.19. The largest absolute Gasteiger partial charge is 0.298 e. The van der Waals surface area contributed by atoms with Crippen molar-refractivity contribution in [1.82, 2.24) is 4.98 Å². The van der Waals surface area contributed by atoms with Gasteiger partial charge in [-0.1, -0.05) is 28.1 Å².